The number of rotatable bonds is 4. The highest BCUT2D eigenvalue weighted by Gasteiger charge is 2.66. The van der Waals surface area contributed by atoms with Crippen LogP contribution in [0.2, 0.25) is 0 Å². The molecule has 0 bridgehead atoms. The predicted molar refractivity (Wildman–Crippen MR) is 82.7 cm³/mol. The Morgan fingerprint density at radius 3 is 2.39 bits per heavy atom. The van der Waals surface area contributed by atoms with Gasteiger partial charge in [-0.3, -0.25) is 0 Å². The molecule has 0 aromatic carbocycles. The molecule has 3 unspecified atom stereocenters. The summed E-state index contributed by atoms with van der Waals surface area (Å²) >= 11 is 0. The maximum absolute atomic E-state index is 2.60. The lowest BCUT2D eigenvalue weighted by Crippen LogP contribution is -2.36. The van der Waals surface area contributed by atoms with Gasteiger partial charge in [-0.2, -0.15) is 0 Å². The zero-order valence-corrected chi connectivity index (χ0v) is 14.0. The maximum Gasteiger partial charge on any atom is -0.0114 e. The maximum atomic E-state index is 2.60. The van der Waals surface area contributed by atoms with Crippen LogP contribution in [-0.4, -0.2) is 11.8 Å². The van der Waals surface area contributed by atoms with Crippen molar-refractivity contribution in [3.8, 4) is 0 Å². The number of fused-ring (bicyclic) bond motifs is 1. The Hall–Kier alpha value is 0.430. The van der Waals surface area contributed by atoms with E-state index >= 15 is 0 Å². The van der Waals surface area contributed by atoms with Crippen LogP contribution < -0.4 is 0 Å². The Balaban J connectivity index is 1.73. The molecule has 0 heterocycles. The Bertz CT molecular complexity index is 346. The summed E-state index contributed by atoms with van der Waals surface area (Å²) in [5.41, 5.74) is 1.46. The predicted octanol–water partition coefficient (Wildman–Crippen LogP) is 5.32. The van der Waals surface area contributed by atoms with Crippen LogP contribution in [-0.2, 0) is 0 Å². The quantitative estimate of drug-likeness (QED) is 0.604. The van der Waals surface area contributed by atoms with Crippen molar-refractivity contribution in [1.29, 1.82) is 0 Å². The minimum atomic E-state index is 0.678. The van der Waals surface area contributed by atoms with Crippen molar-refractivity contribution in [1.82, 2.24) is 0 Å². The average molecular weight is 266 g/mol. The zero-order chi connectivity index (χ0) is 13.2. The first-order valence-corrected chi connectivity index (χ1v) is 9.51. The first kappa shape index (κ1) is 13.4. The van der Waals surface area contributed by atoms with Crippen molar-refractivity contribution >= 4 is 8.58 Å². The highest BCUT2D eigenvalue weighted by molar-refractivity contribution is 7.39. The van der Waals surface area contributed by atoms with E-state index in [-0.39, 0.29) is 0 Å². The fraction of sp³-hybridized carbons (Fsp3) is 1.00. The third-order valence-corrected chi connectivity index (χ3v) is 8.57. The van der Waals surface area contributed by atoms with Crippen LogP contribution in [0.15, 0.2) is 0 Å². The average Bonchev–Trinajstić information content (AvgIpc) is 2.80. The van der Waals surface area contributed by atoms with Gasteiger partial charge in [0.15, 0.2) is 0 Å². The third kappa shape index (κ3) is 1.90. The van der Waals surface area contributed by atoms with Gasteiger partial charge in [-0.15, -0.1) is 8.58 Å². The normalized spacial score (nSPS) is 51.2. The van der Waals surface area contributed by atoms with Gasteiger partial charge in [0.1, 0.15) is 0 Å². The standard InChI is InChI=1S/C17H31P/c1-12(9-15(2)7-6-8-15)14-13-10-16(13,3)11-17(14,4)18-5/h12-14,18H,6-11H2,1-5H3/t12-,13+,14?,16-,17?/m0/s1. The first-order chi connectivity index (χ1) is 8.32. The molecule has 0 amide bonds. The van der Waals surface area contributed by atoms with E-state index in [0.29, 0.717) is 10.6 Å². The summed E-state index contributed by atoms with van der Waals surface area (Å²) in [4.78, 5) is 0. The smallest absolute Gasteiger partial charge is 0.0114 e. The summed E-state index contributed by atoms with van der Waals surface area (Å²) in [7, 11) is 1.14. The van der Waals surface area contributed by atoms with Crippen LogP contribution in [0.1, 0.15) is 66.2 Å². The lowest BCUT2D eigenvalue weighted by Gasteiger charge is -2.45. The Kier molecular flexibility index (Phi) is 2.96. The summed E-state index contributed by atoms with van der Waals surface area (Å²) in [5.74, 6) is 3.07. The van der Waals surface area contributed by atoms with Gasteiger partial charge < -0.3 is 0 Å². The van der Waals surface area contributed by atoms with E-state index < -0.39 is 0 Å². The van der Waals surface area contributed by atoms with E-state index in [2.05, 4.69) is 34.4 Å². The molecular formula is C17H31P. The summed E-state index contributed by atoms with van der Waals surface area (Å²) in [6.45, 7) is 12.7. The second-order valence-corrected chi connectivity index (χ2v) is 10.3. The van der Waals surface area contributed by atoms with Gasteiger partial charge in [0.25, 0.3) is 0 Å². The first-order valence-electron chi connectivity index (χ1n) is 8.01. The minimum absolute atomic E-state index is 0.678. The van der Waals surface area contributed by atoms with Gasteiger partial charge in [0, 0.05) is 0 Å². The summed E-state index contributed by atoms with van der Waals surface area (Å²) in [6.07, 6.45) is 9.05. The highest BCUT2D eigenvalue weighted by atomic mass is 31.1. The largest absolute Gasteiger partial charge is 0.119 e. The summed E-state index contributed by atoms with van der Waals surface area (Å²) in [6, 6.07) is 0. The molecule has 0 aromatic heterocycles. The van der Waals surface area contributed by atoms with Gasteiger partial charge in [0.05, 0.1) is 0 Å². The highest BCUT2D eigenvalue weighted by Crippen LogP contribution is 2.74. The van der Waals surface area contributed by atoms with Crippen LogP contribution in [0, 0.1) is 28.6 Å². The molecule has 0 aliphatic heterocycles. The van der Waals surface area contributed by atoms with Crippen LogP contribution in [0.25, 0.3) is 0 Å². The van der Waals surface area contributed by atoms with Crippen LogP contribution >= 0.6 is 8.58 Å². The molecule has 3 aliphatic carbocycles. The molecule has 0 N–H and O–H groups in total. The van der Waals surface area contributed by atoms with Crippen molar-refractivity contribution in [3.05, 3.63) is 0 Å². The Morgan fingerprint density at radius 1 is 1.22 bits per heavy atom. The van der Waals surface area contributed by atoms with Crippen LogP contribution in [0.4, 0.5) is 0 Å². The van der Waals surface area contributed by atoms with Gasteiger partial charge in [0.2, 0.25) is 0 Å². The van der Waals surface area contributed by atoms with Crippen LogP contribution in [0.5, 0.6) is 0 Å². The second kappa shape index (κ2) is 3.97. The third-order valence-electron chi connectivity index (χ3n) is 6.92. The van der Waals surface area contributed by atoms with Gasteiger partial charge >= 0.3 is 0 Å². The van der Waals surface area contributed by atoms with Crippen molar-refractivity contribution < 1.29 is 0 Å². The molecule has 0 saturated heterocycles. The lowest BCUT2D eigenvalue weighted by atomic mass is 9.63. The van der Waals surface area contributed by atoms with Gasteiger partial charge in [-0.1, -0.05) is 34.1 Å². The number of hydrogen-bond acceptors (Lipinski definition) is 0. The van der Waals surface area contributed by atoms with E-state index in [1.807, 2.05) is 0 Å². The molecule has 0 spiro atoms. The van der Waals surface area contributed by atoms with Crippen molar-refractivity contribution in [3.63, 3.8) is 0 Å². The molecule has 3 saturated carbocycles. The molecule has 104 valence electrons. The molecule has 0 nitrogen and oxygen atoms in total. The minimum Gasteiger partial charge on any atom is -0.119 e. The molecule has 0 aromatic rings. The summed E-state index contributed by atoms with van der Waals surface area (Å²) < 4.78 is 0. The molecule has 6 atom stereocenters. The van der Waals surface area contributed by atoms with E-state index in [0.717, 1.165) is 31.7 Å². The molecule has 0 radical (unpaired) electrons. The molecular weight excluding hydrogens is 235 g/mol. The molecule has 3 rings (SSSR count). The Labute approximate surface area is 115 Å². The fourth-order valence-corrected chi connectivity index (χ4v) is 7.18. The van der Waals surface area contributed by atoms with E-state index in [1.54, 1.807) is 6.42 Å². The molecule has 3 aliphatic rings. The monoisotopic (exact) mass is 266 g/mol. The fourth-order valence-electron chi connectivity index (χ4n) is 5.78. The van der Waals surface area contributed by atoms with Crippen molar-refractivity contribution in [2.24, 2.45) is 28.6 Å². The van der Waals surface area contributed by atoms with Crippen molar-refractivity contribution in [2.45, 2.75) is 71.4 Å². The van der Waals surface area contributed by atoms with Crippen molar-refractivity contribution in [2.75, 3.05) is 6.66 Å². The van der Waals surface area contributed by atoms with E-state index in [9.17, 15) is 0 Å². The van der Waals surface area contributed by atoms with Crippen LogP contribution in [0.3, 0.4) is 0 Å². The van der Waals surface area contributed by atoms with Gasteiger partial charge in [-0.25, -0.2) is 0 Å². The summed E-state index contributed by atoms with van der Waals surface area (Å²) in [5, 5.41) is 0.678. The topological polar surface area (TPSA) is 0 Å². The number of hydrogen-bond donors (Lipinski definition) is 0. The SMILES string of the molecule is CPC1(C)C[C@]2(C)C[C@@H]2C1[C@@H](C)CC1(C)CCC1. The molecule has 3 fully saturated rings. The Morgan fingerprint density at radius 2 is 1.89 bits per heavy atom. The lowest BCUT2D eigenvalue weighted by molar-refractivity contribution is 0.0926. The molecule has 1 heteroatoms. The molecule has 18 heavy (non-hydrogen) atoms. The second-order valence-electron chi connectivity index (χ2n) is 8.68. The van der Waals surface area contributed by atoms with E-state index in [1.165, 1.54) is 32.1 Å². The van der Waals surface area contributed by atoms with E-state index in [4.69, 9.17) is 0 Å². The van der Waals surface area contributed by atoms with Gasteiger partial charge in [-0.05, 0) is 72.5 Å². The zero-order valence-electron chi connectivity index (χ0n) is 13.0.